The highest BCUT2D eigenvalue weighted by atomic mass is 79.9. The summed E-state index contributed by atoms with van der Waals surface area (Å²) in [7, 11) is -3.53. The van der Waals surface area contributed by atoms with E-state index >= 15 is 0 Å². The maximum atomic E-state index is 12.6. The van der Waals surface area contributed by atoms with Gasteiger partial charge in [0.1, 0.15) is 0 Å². The molecule has 0 saturated carbocycles. The van der Waals surface area contributed by atoms with Gasteiger partial charge in [0.2, 0.25) is 10.0 Å². The molecule has 110 valence electrons. The number of sulfonamides is 1. The number of carbonyl (C=O) groups excluding carboxylic acids is 1. The van der Waals surface area contributed by atoms with E-state index in [0.29, 0.717) is 29.7 Å². The molecule has 7 heteroatoms. The van der Waals surface area contributed by atoms with Gasteiger partial charge < -0.3 is 5.32 Å². The molecule has 20 heavy (non-hydrogen) atoms. The van der Waals surface area contributed by atoms with Crippen molar-refractivity contribution in [3.63, 3.8) is 0 Å². The maximum absolute atomic E-state index is 12.6. The smallest absolute Gasteiger partial charge is 0.251 e. The molecule has 0 aromatic heterocycles. The fraction of sp³-hybridized carbons (Fsp3) is 0.462. The summed E-state index contributed by atoms with van der Waals surface area (Å²) in [6, 6.07) is 4.65. The molecule has 2 rings (SSSR count). The number of carbonyl (C=O) groups is 1. The first-order chi connectivity index (χ1) is 9.46. The lowest BCUT2D eigenvalue weighted by Gasteiger charge is -2.17. The zero-order valence-corrected chi connectivity index (χ0v) is 13.6. The number of hydrogen-bond acceptors (Lipinski definition) is 3. The molecule has 0 atom stereocenters. The predicted molar refractivity (Wildman–Crippen MR) is 80.1 cm³/mol. The molecule has 1 heterocycles. The minimum Gasteiger partial charge on any atom is -0.352 e. The highest BCUT2D eigenvalue weighted by Gasteiger charge is 2.29. The Bertz CT molecular complexity index is 610. The first kappa shape index (κ1) is 15.5. The summed E-state index contributed by atoms with van der Waals surface area (Å²) in [6.07, 6.45) is 1.76. The second kappa shape index (κ2) is 6.24. The van der Waals surface area contributed by atoms with Crippen LogP contribution in [0, 0.1) is 0 Å². The Morgan fingerprint density at radius 3 is 2.60 bits per heavy atom. The summed E-state index contributed by atoms with van der Waals surface area (Å²) in [4.78, 5) is 12.0. The van der Waals surface area contributed by atoms with Crippen LogP contribution in [0.1, 0.15) is 30.1 Å². The summed E-state index contributed by atoms with van der Waals surface area (Å²) < 4.78 is 27.1. The standard InChI is InChI=1S/C13H17BrN2O3S/c1-2-15-13(17)10-5-6-11(14)12(9-10)20(18,19)16-7-3-4-8-16/h5-6,9H,2-4,7-8H2,1H3,(H,15,17). The normalized spacial score (nSPS) is 16.3. The fourth-order valence-electron chi connectivity index (χ4n) is 2.17. The Morgan fingerprint density at radius 1 is 1.35 bits per heavy atom. The van der Waals surface area contributed by atoms with Crippen LogP contribution in [0.5, 0.6) is 0 Å². The lowest BCUT2D eigenvalue weighted by molar-refractivity contribution is 0.0955. The van der Waals surface area contributed by atoms with E-state index in [0.717, 1.165) is 12.8 Å². The van der Waals surface area contributed by atoms with Crippen molar-refractivity contribution < 1.29 is 13.2 Å². The van der Waals surface area contributed by atoms with Crippen LogP contribution < -0.4 is 5.32 Å². The van der Waals surface area contributed by atoms with Crippen molar-refractivity contribution in [2.45, 2.75) is 24.7 Å². The second-order valence-electron chi connectivity index (χ2n) is 4.62. The average molecular weight is 361 g/mol. The lowest BCUT2D eigenvalue weighted by Crippen LogP contribution is -2.29. The van der Waals surface area contributed by atoms with Crippen molar-refractivity contribution in [2.24, 2.45) is 0 Å². The first-order valence-corrected chi connectivity index (χ1v) is 8.78. The topological polar surface area (TPSA) is 66.5 Å². The van der Waals surface area contributed by atoms with Gasteiger partial charge in [-0.25, -0.2) is 8.42 Å². The number of nitrogens with zero attached hydrogens (tertiary/aromatic N) is 1. The largest absolute Gasteiger partial charge is 0.352 e. The van der Waals surface area contributed by atoms with E-state index in [9.17, 15) is 13.2 Å². The third kappa shape index (κ3) is 3.05. The van der Waals surface area contributed by atoms with Gasteiger partial charge in [0.05, 0.1) is 4.90 Å². The molecular weight excluding hydrogens is 344 g/mol. The molecule has 0 unspecified atom stereocenters. The SMILES string of the molecule is CCNC(=O)c1ccc(Br)c(S(=O)(=O)N2CCCC2)c1. The van der Waals surface area contributed by atoms with Crippen LogP contribution in [0.4, 0.5) is 0 Å². The summed E-state index contributed by atoms with van der Waals surface area (Å²) in [5.74, 6) is -0.266. The van der Waals surface area contributed by atoms with E-state index < -0.39 is 10.0 Å². The zero-order chi connectivity index (χ0) is 14.8. The van der Waals surface area contributed by atoms with Crippen LogP contribution in [0.3, 0.4) is 0 Å². The molecule has 1 amide bonds. The highest BCUT2D eigenvalue weighted by molar-refractivity contribution is 9.10. The molecular formula is C13H17BrN2O3S. The molecule has 1 aromatic rings. The van der Waals surface area contributed by atoms with Crippen molar-refractivity contribution in [2.75, 3.05) is 19.6 Å². The van der Waals surface area contributed by atoms with Crippen LogP contribution >= 0.6 is 15.9 Å². The van der Waals surface area contributed by atoms with E-state index in [1.807, 2.05) is 6.92 Å². The van der Waals surface area contributed by atoms with E-state index in [1.165, 1.54) is 10.4 Å². The quantitative estimate of drug-likeness (QED) is 0.892. The molecule has 5 nitrogen and oxygen atoms in total. The average Bonchev–Trinajstić information content (AvgIpc) is 2.93. The molecule has 0 spiro atoms. The summed E-state index contributed by atoms with van der Waals surface area (Å²) in [6.45, 7) is 3.40. The van der Waals surface area contributed by atoms with Crippen molar-refractivity contribution in [1.29, 1.82) is 0 Å². The van der Waals surface area contributed by atoms with Gasteiger partial charge in [0, 0.05) is 29.7 Å². The lowest BCUT2D eigenvalue weighted by atomic mass is 10.2. The predicted octanol–water partition coefficient (Wildman–Crippen LogP) is 1.98. The first-order valence-electron chi connectivity index (χ1n) is 6.54. The van der Waals surface area contributed by atoms with Gasteiger partial charge in [-0.3, -0.25) is 4.79 Å². The van der Waals surface area contributed by atoms with Gasteiger partial charge in [-0.05, 0) is 53.9 Å². The monoisotopic (exact) mass is 360 g/mol. The van der Waals surface area contributed by atoms with Crippen LogP contribution in [0.25, 0.3) is 0 Å². The van der Waals surface area contributed by atoms with E-state index in [4.69, 9.17) is 0 Å². The molecule has 1 saturated heterocycles. The van der Waals surface area contributed by atoms with Crippen LogP contribution in [0.15, 0.2) is 27.6 Å². The number of benzene rings is 1. The Morgan fingerprint density at radius 2 is 2.00 bits per heavy atom. The van der Waals surface area contributed by atoms with Crippen LogP contribution in [-0.4, -0.2) is 38.3 Å². The van der Waals surface area contributed by atoms with Gasteiger partial charge in [-0.2, -0.15) is 4.31 Å². The van der Waals surface area contributed by atoms with Crippen LogP contribution in [0.2, 0.25) is 0 Å². The summed E-state index contributed by atoms with van der Waals surface area (Å²) in [5, 5.41) is 2.67. The molecule has 1 aliphatic rings. The van der Waals surface area contributed by atoms with Crippen molar-refractivity contribution in [3.8, 4) is 0 Å². The Kier molecular flexibility index (Phi) is 4.82. The molecule has 1 N–H and O–H groups in total. The molecule has 0 bridgehead atoms. The van der Waals surface area contributed by atoms with Gasteiger partial charge in [-0.15, -0.1) is 0 Å². The minimum absolute atomic E-state index is 0.156. The van der Waals surface area contributed by atoms with Crippen molar-refractivity contribution in [3.05, 3.63) is 28.2 Å². The third-order valence-electron chi connectivity index (χ3n) is 3.21. The minimum atomic E-state index is -3.53. The number of hydrogen-bond donors (Lipinski definition) is 1. The van der Waals surface area contributed by atoms with E-state index in [1.54, 1.807) is 12.1 Å². The zero-order valence-electron chi connectivity index (χ0n) is 11.2. The maximum Gasteiger partial charge on any atom is 0.251 e. The number of nitrogens with one attached hydrogen (secondary N) is 1. The second-order valence-corrected chi connectivity index (χ2v) is 7.38. The Balaban J connectivity index is 2.40. The molecule has 0 radical (unpaired) electrons. The van der Waals surface area contributed by atoms with Gasteiger partial charge in [0.25, 0.3) is 5.91 Å². The van der Waals surface area contributed by atoms with Gasteiger partial charge in [0.15, 0.2) is 0 Å². The molecule has 0 aliphatic carbocycles. The van der Waals surface area contributed by atoms with E-state index in [-0.39, 0.29) is 10.8 Å². The number of rotatable bonds is 4. The number of amides is 1. The Hall–Kier alpha value is -0.920. The summed E-state index contributed by atoms with van der Waals surface area (Å²) >= 11 is 3.26. The van der Waals surface area contributed by atoms with E-state index in [2.05, 4.69) is 21.2 Å². The third-order valence-corrected chi connectivity index (χ3v) is 6.11. The van der Waals surface area contributed by atoms with Crippen molar-refractivity contribution in [1.82, 2.24) is 9.62 Å². The highest BCUT2D eigenvalue weighted by Crippen LogP contribution is 2.28. The number of halogens is 1. The molecule has 1 fully saturated rings. The van der Waals surface area contributed by atoms with Gasteiger partial charge in [-0.1, -0.05) is 0 Å². The Labute approximate surface area is 127 Å². The fourth-order valence-corrected chi connectivity index (χ4v) is 4.64. The summed E-state index contributed by atoms with van der Waals surface area (Å²) in [5.41, 5.74) is 0.354. The molecule has 1 aliphatic heterocycles. The van der Waals surface area contributed by atoms with Gasteiger partial charge >= 0.3 is 0 Å². The molecule has 1 aromatic carbocycles. The van der Waals surface area contributed by atoms with Crippen molar-refractivity contribution >= 4 is 31.9 Å². The van der Waals surface area contributed by atoms with Crippen LogP contribution in [-0.2, 0) is 10.0 Å².